The number of amides is 1. The third-order valence-electron chi connectivity index (χ3n) is 4.81. The maximum Gasteiger partial charge on any atom is 0.323 e. The molecule has 0 radical (unpaired) electrons. The monoisotopic (exact) mass is 352 g/mol. The minimum atomic E-state index is -0.382. The van der Waals surface area contributed by atoms with Gasteiger partial charge in [0.25, 0.3) is 0 Å². The van der Waals surface area contributed by atoms with E-state index in [-0.39, 0.29) is 24.0 Å². The van der Waals surface area contributed by atoms with Crippen molar-refractivity contribution in [3.63, 3.8) is 0 Å². The average Bonchev–Trinajstić information content (AvgIpc) is 3.10. The normalized spacial score (nSPS) is 19.9. The van der Waals surface area contributed by atoms with Gasteiger partial charge in [-0.25, -0.2) is 0 Å². The van der Waals surface area contributed by atoms with E-state index in [1.807, 2.05) is 65.6 Å². The number of nitrogens with one attached hydrogen (secondary N) is 1. The summed E-state index contributed by atoms with van der Waals surface area (Å²) in [6.07, 6.45) is 1.27. The second-order valence-electron chi connectivity index (χ2n) is 6.49. The summed E-state index contributed by atoms with van der Waals surface area (Å²) < 4.78 is 4.95. The molecule has 1 fully saturated rings. The molecule has 26 heavy (non-hydrogen) atoms. The number of hydrogen-bond acceptors (Lipinski definition) is 4. The van der Waals surface area contributed by atoms with Crippen LogP contribution in [-0.2, 0) is 27.4 Å². The summed E-state index contributed by atoms with van der Waals surface area (Å²) in [5, 5.41) is 3.00. The fraction of sp³-hybridized carbons (Fsp3) is 0.333. The lowest BCUT2D eigenvalue weighted by molar-refractivity contribution is -0.147. The molecule has 0 saturated carbocycles. The third-order valence-corrected chi connectivity index (χ3v) is 4.81. The molecule has 3 rings (SSSR count). The molecule has 1 saturated heterocycles. The molecule has 1 aliphatic heterocycles. The van der Waals surface area contributed by atoms with Crippen molar-refractivity contribution in [2.24, 2.45) is 0 Å². The average molecular weight is 352 g/mol. The van der Waals surface area contributed by atoms with Crippen LogP contribution in [0.25, 0.3) is 0 Å². The molecule has 1 N–H and O–H groups in total. The first-order valence-corrected chi connectivity index (χ1v) is 8.88. The van der Waals surface area contributed by atoms with Gasteiger partial charge in [0.2, 0.25) is 5.91 Å². The highest BCUT2D eigenvalue weighted by Gasteiger charge is 2.41. The fourth-order valence-electron chi connectivity index (χ4n) is 3.45. The van der Waals surface area contributed by atoms with Crippen LogP contribution in [0, 0.1) is 0 Å². The predicted octanol–water partition coefficient (Wildman–Crippen LogP) is 2.51. The minimum absolute atomic E-state index is 0.0452. The lowest BCUT2D eigenvalue weighted by atomic mass is 10.1. The Bertz CT molecular complexity index is 733. The number of ether oxygens (including phenoxy) is 1. The number of esters is 1. The molecule has 1 amide bonds. The largest absolute Gasteiger partial charge is 0.468 e. The lowest BCUT2D eigenvalue weighted by Gasteiger charge is -2.28. The Morgan fingerprint density at radius 2 is 1.54 bits per heavy atom. The van der Waals surface area contributed by atoms with Gasteiger partial charge in [0.1, 0.15) is 6.04 Å². The molecule has 0 spiro atoms. The highest BCUT2D eigenvalue weighted by atomic mass is 16.5. The Hall–Kier alpha value is -2.66. The molecule has 5 heteroatoms. The van der Waals surface area contributed by atoms with Crippen molar-refractivity contribution >= 4 is 11.9 Å². The van der Waals surface area contributed by atoms with Gasteiger partial charge in [-0.3, -0.25) is 14.5 Å². The molecule has 1 heterocycles. The highest BCUT2D eigenvalue weighted by molar-refractivity contribution is 5.84. The van der Waals surface area contributed by atoms with Crippen LogP contribution in [-0.4, -0.2) is 36.0 Å². The van der Waals surface area contributed by atoms with E-state index in [0.29, 0.717) is 25.9 Å². The Morgan fingerprint density at radius 3 is 2.15 bits per heavy atom. The van der Waals surface area contributed by atoms with Crippen LogP contribution in [0.5, 0.6) is 0 Å². The van der Waals surface area contributed by atoms with Crippen molar-refractivity contribution < 1.29 is 14.3 Å². The van der Waals surface area contributed by atoms with Crippen molar-refractivity contribution in [2.45, 2.75) is 38.0 Å². The zero-order valence-corrected chi connectivity index (χ0v) is 14.9. The van der Waals surface area contributed by atoms with E-state index in [4.69, 9.17) is 4.74 Å². The van der Waals surface area contributed by atoms with E-state index in [1.54, 1.807) is 0 Å². The number of rotatable bonds is 6. The van der Waals surface area contributed by atoms with E-state index >= 15 is 0 Å². The minimum Gasteiger partial charge on any atom is -0.468 e. The maximum absolute atomic E-state index is 12.8. The molecule has 2 aromatic carbocycles. The Kier molecular flexibility index (Phi) is 6.02. The lowest BCUT2D eigenvalue weighted by Crippen LogP contribution is -2.47. The van der Waals surface area contributed by atoms with E-state index in [1.165, 1.54) is 7.11 Å². The van der Waals surface area contributed by atoms with Crippen LogP contribution in [0.15, 0.2) is 60.7 Å². The van der Waals surface area contributed by atoms with Crippen LogP contribution < -0.4 is 5.32 Å². The topological polar surface area (TPSA) is 58.6 Å². The third kappa shape index (κ3) is 4.29. The van der Waals surface area contributed by atoms with Gasteiger partial charge in [-0.1, -0.05) is 60.7 Å². The summed E-state index contributed by atoms with van der Waals surface area (Å²) in [7, 11) is 1.39. The first kappa shape index (κ1) is 18.1. The molecule has 0 bridgehead atoms. The van der Waals surface area contributed by atoms with Crippen molar-refractivity contribution in [3.8, 4) is 0 Å². The molecule has 1 aliphatic rings. The second kappa shape index (κ2) is 8.63. The van der Waals surface area contributed by atoms with Crippen LogP contribution >= 0.6 is 0 Å². The zero-order chi connectivity index (χ0) is 18.4. The highest BCUT2D eigenvalue weighted by Crippen LogP contribution is 2.27. The smallest absolute Gasteiger partial charge is 0.323 e. The summed E-state index contributed by atoms with van der Waals surface area (Å²) in [6.45, 7) is 1.03. The van der Waals surface area contributed by atoms with Crippen LogP contribution in [0.3, 0.4) is 0 Å². The van der Waals surface area contributed by atoms with Crippen molar-refractivity contribution in [1.29, 1.82) is 0 Å². The number of carbonyl (C=O) groups is 2. The number of hydrogen-bond donors (Lipinski definition) is 1. The van der Waals surface area contributed by atoms with Gasteiger partial charge in [-0.2, -0.15) is 0 Å². The molecule has 0 aliphatic carbocycles. The second-order valence-corrected chi connectivity index (χ2v) is 6.49. The van der Waals surface area contributed by atoms with Crippen molar-refractivity contribution in [2.75, 3.05) is 7.11 Å². The Labute approximate surface area is 154 Å². The Morgan fingerprint density at radius 1 is 0.962 bits per heavy atom. The van der Waals surface area contributed by atoms with Crippen LogP contribution in [0.1, 0.15) is 24.0 Å². The summed E-state index contributed by atoms with van der Waals surface area (Å²) in [5.74, 6) is -0.324. The number of nitrogens with zero attached hydrogens (tertiary/aromatic N) is 1. The molecule has 2 aromatic rings. The van der Waals surface area contributed by atoms with Crippen LogP contribution in [0.4, 0.5) is 0 Å². The van der Waals surface area contributed by atoms with Gasteiger partial charge >= 0.3 is 5.97 Å². The first-order chi connectivity index (χ1) is 12.7. The van der Waals surface area contributed by atoms with Crippen molar-refractivity contribution in [1.82, 2.24) is 10.2 Å². The van der Waals surface area contributed by atoms with Gasteiger partial charge in [0.15, 0.2) is 0 Å². The summed E-state index contributed by atoms with van der Waals surface area (Å²) in [4.78, 5) is 26.9. The molecule has 0 unspecified atom stereocenters. The standard InChI is InChI=1S/C21H24N2O3/c1-26-21(25)19-13-12-18(23(19)15-17-10-6-3-7-11-17)20(24)22-14-16-8-4-2-5-9-16/h2-11,18-19H,12-15H2,1H3,(H,22,24)/t18-,19+/m0/s1. The van der Waals surface area contributed by atoms with Gasteiger partial charge in [-0.15, -0.1) is 0 Å². The Balaban J connectivity index is 1.71. The van der Waals surface area contributed by atoms with Gasteiger partial charge < -0.3 is 10.1 Å². The summed E-state index contributed by atoms with van der Waals surface area (Å²) >= 11 is 0. The van der Waals surface area contributed by atoms with Gasteiger partial charge in [0, 0.05) is 13.1 Å². The van der Waals surface area contributed by atoms with E-state index in [2.05, 4.69) is 5.32 Å². The molecule has 136 valence electrons. The van der Waals surface area contributed by atoms with Crippen LogP contribution in [0.2, 0.25) is 0 Å². The number of benzene rings is 2. The molecule has 2 atom stereocenters. The zero-order valence-electron chi connectivity index (χ0n) is 14.9. The molecular formula is C21H24N2O3. The number of carbonyl (C=O) groups excluding carboxylic acids is 2. The van der Waals surface area contributed by atoms with E-state index in [9.17, 15) is 9.59 Å². The van der Waals surface area contributed by atoms with Gasteiger partial charge in [-0.05, 0) is 24.0 Å². The molecule has 0 aromatic heterocycles. The van der Waals surface area contributed by atoms with E-state index in [0.717, 1.165) is 11.1 Å². The predicted molar refractivity (Wildman–Crippen MR) is 99.1 cm³/mol. The maximum atomic E-state index is 12.8. The quantitative estimate of drug-likeness (QED) is 0.812. The van der Waals surface area contributed by atoms with E-state index < -0.39 is 0 Å². The first-order valence-electron chi connectivity index (χ1n) is 8.88. The summed E-state index contributed by atoms with van der Waals surface area (Å²) in [5.41, 5.74) is 2.13. The number of methoxy groups -OCH3 is 1. The SMILES string of the molecule is COC(=O)[C@H]1CC[C@@H](C(=O)NCc2ccccc2)N1Cc1ccccc1. The number of likely N-dealkylation sites (tertiary alicyclic amines) is 1. The molecule has 5 nitrogen and oxygen atoms in total. The van der Waals surface area contributed by atoms with Crippen molar-refractivity contribution in [3.05, 3.63) is 71.8 Å². The van der Waals surface area contributed by atoms with Gasteiger partial charge in [0.05, 0.1) is 13.2 Å². The molecular weight excluding hydrogens is 328 g/mol. The summed E-state index contributed by atoms with van der Waals surface area (Å²) in [6, 6.07) is 19.0. The fourth-order valence-corrected chi connectivity index (χ4v) is 3.45.